The van der Waals surface area contributed by atoms with Gasteiger partial charge in [0.15, 0.2) is 0 Å². The molecule has 1 atom stereocenters. The van der Waals surface area contributed by atoms with Crippen molar-refractivity contribution in [1.29, 1.82) is 0 Å². The predicted molar refractivity (Wildman–Crippen MR) is 38.1 cm³/mol. The first-order chi connectivity index (χ1) is 4.56. The molecule has 0 spiro atoms. The van der Waals surface area contributed by atoms with Crippen molar-refractivity contribution in [3.8, 4) is 0 Å². The normalized spacial score (nSPS) is 16.4. The first-order valence-corrected chi connectivity index (χ1v) is 4.94. The molecule has 0 fully saturated rings. The minimum absolute atomic E-state index is 0.296. The van der Waals surface area contributed by atoms with Crippen LogP contribution >= 0.6 is 0 Å². The van der Waals surface area contributed by atoms with Gasteiger partial charge in [-0.1, -0.05) is 0 Å². The third-order valence-electron chi connectivity index (χ3n) is 1.65. The van der Waals surface area contributed by atoms with E-state index >= 15 is 0 Å². The fraction of sp³-hybridized carbons (Fsp3) is 0.833. The molecule has 0 aromatic heterocycles. The van der Waals surface area contributed by atoms with E-state index in [9.17, 15) is 9.90 Å². The van der Waals surface area contributed by atoms with E-state index in [1.54, 1.807) is 6.92 Å². The zero-order valence-electron chi connectivity index (χ0n) is 6.42. The monoisotopic (exact) mass is 154 g/mol. The number of aliphatic hydroxyl groups is 1. The second-order valence-electron chi connectivity index (χ2n) is 2.44. The topological polar surface area (TPSA) is 57.5 Å². The Kier molecular flexibility index (Phi) is 4.52. The Balaban J connectivity index is 4.08. The minimum atomic E-state index is -1.46. The molecule has 0 aromatic carbocycles. The van der Waals surface area contributed by atoms with Gasteiger partial charge in [0.2, 0.25) is 0 Å². The zero-order valence-corrected chi connectivity index (χ0v) is 8.42. The Bertz CT molecular complexity index is 126. The molecule has 10 heavy (non-hydrogen) atoms. The van der Waals surface area contributed by atoms with Crippen LogP contribution in [0.2, 0.25) is 3.67 Å². The van der Waals surface area contributed by atoms with Gasteiger partial charge in [-0.2, -0.15) is 0 Å². The van der Waals surface area contributed by atoms with Crippen LogP contribution in [-0.4, -0.2) is 49.7 Å². The number of carboxylic acid groups (broad SMARTS) is 1. The molecule has 0 radical (unpaired) electrons. The fourth-order valence-electron chi connectivity index (χ4n) is 0.849. The van der Waals surface area contributed by atoms with Crippen molar-refractivity contribution < 1.29 is 15.0 Å². The van der Waals surface area contributed by atoms with Gasteiger partial charge in [-0.15, -0.1) is 0 Å². The first kappa shape index (κ1) is 10.4. The summed E-state index contributed by atoms with van der Waals surface area (Å²) < 4.78 is 0.830. The Hall–Kier alpha value is 0.430. The van der Waals surface area contributed by atoms with E-state index in [1.165, 1.54) is 0 Å². The standard InChI is InChI=1S/C6H11O3.Na/c1-3-6(9,4-2)5(7)8;/h9H,1,3-4H2,2H3,(H,7,8);. The molecule has 2 N–H and O–H groups in total. The van der Waals surface area contributed by atoms with E-state index in [2.05, 4.69) is 0 Å². The van der Waals surface area contributed by atoms with Crippen LogP contribution in [0.5, 0.6) is 0 Å². The molecule has 0 heterocycles. The van der Waals surface area contributed by atoms with Gasteiger partial charge < -0.3 is 0 Å². The number of aliphatic carboxylic acids is 1. The van der Waals surface area contributed by atoms with Crippen molar-refractivity contribution in [3.05, 3.63) is 0 Å². The number of hydrogen-bond acceptors (Lipinski definition) is 2. The van der Waals surface area contributed by atoms with E-state index in [-0.39, 0.29) is 0 Å². The number of hydrogen-bond donors (Lipinski definition) is 2. The Morgan fingerprint density at radius 1 is 1.70 bits per heavy atom. The van der Waals surface area contributed by atoms with E-state index in [1.807, 2.05) is 0 Å². The fourth-order valence-corrected chi connectivity index (χ4v) is 1.68. The molecule has 3 nitrogen and oxygen atoms in total. The van der Waals surface area contributed by atoms with Crippen LogP contribution in [0.4, 0.5) is 0 Å². The molecule has 0 saturated heterocycles. The second kappa shape index (κ2) is 4.34. The van der Waals surface area contributed by atoms with Crippen LogP contribution in [-0.2, 0) is 4.79 Å². The summed E-state index contributed by atoms with van der Waals surface area (Å²) in [5.74, 6) is -1.09. The molecule has 0 aliphatic rings. The van der Waals surface area contributed by atoms with E-state index < -0.39 is 11.6 Å². The summed E-state index contributed by atoms with van der Waals surface area (Å²) in [5.41, 5.74) is -1.46. The Morgan fingerprint density at radius 3 is 2.30 bits per heavy atom. The molecule has 0 amide bonds. The molecule has 4 heteroatoms. The quantitative estimate of drug-likeness (QED) is 0.568. The maximum atomic E-state index is 10.4. The summed E-state index contributed by atoms with van der Waals surface area (Å²) >= 11 is 0.947. The molecule has 0 aromatic rings. The van der Waals surface area contributed by atoms with Crippen molar-refractivity contribution in [2.75, 3.05) is 0 Å². The Morgan fingerprint density at radius 2 is 2.20 bits per heavy atom. The predicted octanol–water partition coefficient (Wildman–Crippen LogP) is 0.189. The van der Waals surface area contributed by atoms with Crippen molar-refractivity contribution in [1.82, 2.24) is 0 Å². The molecular weight excluding hydrogens is 143 g/mol. The summed E-state index contributed by atoms with van der Waals surface area (Å²) in [5, 5.41) is 17.8. The van der Waals surface area contributed by atoms with Gasteiger partial charge in [0.1, 0.15) is 0 Å². The van der Waals surface area contributed by atoms with Crippen molar-refractivity contribution in [2.24, 2.45) is 0 Å². The van der Waals surface area contributed by atoms with Gasteiger partial charge in [0.25, 0.3) is 0 Å². The van der Waals surface area contributed by atoms with Gasteiger partial charge >= 0.3 is 77.9 Å². The molecule has 1 unspecified atom stereocenters. The molecule has 0 aliphatic carbocycles. The number of carboxylic acids is 1. The van der Waals surface area contributed by atoms with Crippen molar-refractivity contribution in [2.45, 2.75) is 29.0 Å². The molecule has 0 bridgehead atoms. The molecular formula is C6H11NaO3. The van der Waals surface area contributed by atoms with Crippen LogP contribution in [0.25, 0.3) is 0 Å². The summed E-state index contributed by atoms with van der Waals surface area (Å²) in [6.07, 6.45) is 0.690. The third-order valence-corrected chi connectivity index (χ3v) is 2.15. The van der Waals surface area contributed by atoms with Crippen LogP contribution in [0.1, 0.15) is 19.8 Å². The molecule has 54 valence electrons. The van der Waals surface area contributed by atoms with Gasteiger partial charge in [0.05, 0.1) is 0 Å². The van der Waals surface area contributed by atoms with Gasteiger partial charge in [-0.25, -0.2) is 0 Å². The summed E-state index contributed by atoms with van der Waals surface area (Å²) in [4.78, 5) is 10.4. The molecule has 0 rings (SSSR count). The average Bonchev–Trinajstić information content (AvgIpc) is 1.88. The maximum absolute atomic E-state index is 10.4. The average molecular weight is 154 g/mol. The molecule has 0 aliphatic heterocycles. The third kappa shape index (κ3) is 2.58. The van der Waals surface area contributed by atoms with E-state index in [0.29, 0.717) is 12.8 Å². The summed E-state index contributed by atoms with van der Waals surface area (Å²) in [6.45, 7) is 1.69. The van der Waals surface area contributed by atoms with Crippen molar-refractivity contribution >= 4 is 33.9 Å². The van der Waals surface area contributed by atoms with E-state index in [4.69, 9.17) is 5.11 Å². The second-order valence-corrected chi connectivity index (χ2v) is 3.44. The van der Waals surface area contributed by atoms with Crippen molar-refractivity contribution in [3.63, 3.8) is 0 Å². The summed E-state index contributed by atoms with van der Waals surface area (Å²) in [6, 6.07) is 0. The first-order valence-electron chi connectivity index (χ1n) is 3.52. The van der Waals surface area contributed by atoms with E-state index in [0.717, 1.165) is 31.6 Å². The van der Waals surface area contributed by atoms with Crippen LogP contribution in [0.15, 0.2) is 0 Å². The summed E-state index contributed by atoms with van der Waals surface area (Å²) in [7, 11) is 0. The molecule has 0 saturated carbocycles. The van der Waals surface area contributed by atoms with Crippen LogP contribution in [0, 0.1) is 0 Å². The van der Waals surface area contributed by atoms with Crippen LogP contribution in [0.3, 0.4) is 0 Å². The Labute approximate surface area is 77.8 Å². The van der Waals surface area contributed by atoms with Gasteiger partial charge in [-0.05, 0) is 0 Å². The van der Waals surface area contributed by atoms with Crippen LogP contribution < -0.4 is 0 Å². The SMILES string of the molecule is CCC(O)(C[CH2][Na])C(=O)O. The number of rotatable bonds is 4. The zero-order chi connectivity index (χ0) is 8.20. The number of carbonyl (C=O) groups is 1. The van der Waals surface area contributed by atoms with Gasteiger partial charge in [-0.3, -0.25) is 0 Å². The van der Waals surface area contributed by atoms with Gasteiger partial charge in [0, 0.05) is 0 Å².